The fourth-order valence-electron chi connectivity index (χ4n) is 3.71. The standard InChI is InChI=1S/C18H17ClF3N3O2/c1-2-25-15-14(24-17(25)18(20,21)22)11(19)7-10-12(26)8-13(27-16(10)15)9-3-5-23-6-4-9/h7-9,23H,2-6H2,1H3. The molecule has 0 unspecified atom stereocenters. The van der Waals surface area contributed by atoms with Crippen molar-refractivity contribution in [3.63, 3.8) is 0 Å². The van der Waals surface area contributed by atoms with Gasteiger partial charge in [0.15, 0.2) is 11.0 Å². The second-order valence-electron chi connectivity index (χ2n) is 6.65. The summed E-state index contributed by atoms with van der Waals surface area (Å²) < 4.78 is 47.3. The van der Waals surface area contributed by atoms with Gasteiger partial charge in [0, 0.05) is 18.5 Å². The molecule has 1 aromatic carbocycles. The van der Waals surface area contributed by atoms with Crippen LogP contribution in [0, 0.1) is 0 Å². The van der Waals surface area contributed by atoms with Crippen molar-refractivity contribution in [2.45, 2.75) is 38.4 Å². The van der Waals surface area contributed by atoms with E-state index >= 15 is 0 Å². The lowest BCUT2D eigenvalue weighted by Gasteiger charge is -2.21. The first-order valence-corrected chi connectivity index (χ1v) is 9.13. The van der Waals surface area contributed by atoms with E-state index < -0.39 is 12.0 Å². The summed E-state index contributed by atoms with van der Waals surface area (Å²) in [6.07, 6.45) is -3.05. The normalized spacial score (nSPS) is 16.5. The molecule has 0 radical (unpaired) electrons. The lowest BCUT2D eigenvalue weighted by atomic mass is 9.95. The molecule has 3 aromatic rings. The Balaban J connectivity index is 2.07. The van der Waals surface area contributed by atoms with Crippen LogP contribution in [0.15, 0.2) is 21.3 Å². The molecule has 0 atom stereocenters. The van der Waals surface area contributed by atoms with Gasteiger partial charge in [0.2, 0.25) is 5.82 Å². The summed E-state index contributed by atoms with van der Waals surface area (Å²) in [5, 5.41) is 3.39. The molecule has 0 saturated carbocycles. The highest BCUT2D eigenvalue weighted by Gasteiger charge is 2.38. The number of halogens is 4. The Morgan fingerprint density at radius 3 is 2.67 bits per heavy atom. The highest BCUT2D eigenvalue weighted by Crippen LogP contribution is 2.38. The monoisotopic (exact) mass is 399 g/mol. The summed E-state index contributed by atoms with van der Waals surface area (Å²) >= 11 is 6.16. The Morgan fingerprint density at radius 2 is 2.04 bits per heavy atom. The van der Waals surface area contributed by atoms with Crippen LogP contribution in [-0.2, 0) is 12.7 Å². The van der Waals surface area contributed by atoms with E-state index in [9.17, 15) is 18.0 Å². The van der Waals surface area contributed by atoms with Crippen LogP contribution >= 0.6 is 11.6 Å². The molecule has 1 aliphatic rings. The van der Waals surface area contributed by atoms with Crippen molar-refractivity contribution in [3.05, 3.63) is 39.0 Å². The van der Waals surface area contributed by atoms with Crippen LogP contribution in [-0.4, -0.2) is 22.6 Å². The summed E-state index contributed by atoms with van der Waals surface area (Å²) in [6.45, 7) is 3.20. The van der Waals surface area contributed by atoms with Gasteiger partial charge in [0.05, 0.1) is 10.4 Å². The topological polar surface area (TPSA) is 60.1 Å². The zero-order chi connectivity index (χ0) is 19.3. The fraction of sp³-hybridized carbons (Fsp3) is 0.444. The van der Waals surface area contributed by atoms with E-state index in [1.807, 2.05) is 0 Å². The van der Waals surface area contributed by atoms with Crippen molar-refractivity contribution < 1.29 is 17.6 Å². The summed E-state index contributed by atoms with van der Waals surface area (Å²) in [6, 6.07) is 2.77. The van der Waals surface area contributed by atoms with Crippen molar-refractivity contribution in [1.29, 1.82) is 0 Å². The van der Waals surface area contributed by atoms with Crippen molar-refractivity contribution in [1.82, 2.24) is 14.9 Å². The second kappa shape index (κ2) is 6.53. The minimum absolute atomic E-state index is 0.00267. The van der Waals surface area contributed by atoms with Gasteiger partial charge >= 0.3 is 6.18 Å². The number of benzene rings is 1. The summed E-state index contributed by atoms with van der Waals surface area (Å²) in [5.41, 5.74) is -0.101. The van der Waals surface area contributed by atoms with Gasteiger partial charge in [-0.3, -0.25) is 4.79 Å². The van der Waals surface area contributed by atoms with Gasteiger partial charge in [0.25, 0.3) is 0 Å². The Hall–Kier alpha value is -2.06. The molecule has 4 rings (SSSR count). The molecule has 2 aromatic heterocycles. The van der Waals surface area contributed by atoms with Gasteiger partial charge in [-0.25, -0.2) is 4.98 Å². The zero-order valence-electron chi connectivity index (χ0n) is 14.5. The number of nitrogens with one attached hydrogen (secondary N) is 1. The number of hydrogen-bond donors (Lipinski definition) is 1. The van der Waals surface area contributed by atoms with Crippen LogP contribution in [0.25, 0.3) is 22.0 Å². The van der Waals surface area contributed by atoms with E-state index in [0.29, 0.717) is 5.76 Å². The van der Waals surface area contributed by atoms with Gasteiger partial charge in [-0.1, -0.05) is 11.6 Å². The van der Waals surface area contributed by atoms with E-state index in [-0.39, 0.29) is 44.9 Å². The molecule has 9 heteroatoms. The maximum atomic E-state index is 13.4. The first-order chi connectivity index (χ1) is 12.8. The number of rotatable bonds is 2. The van der Waals surface area contributed by atoms with Crippen LogP contribution in [0.4, 0.5) is 13.2 Å². The lowest BCUT2D eigenvalue weighted by molar-refractivity contribution is -0.146. The van der Waals surface area contributed by atoms with Crippen molar-refractivity contribution >= 4 is 33.6 Å². The number of fused-ring (bicyclic) bond motifs is 3. The molecule has 3 heterocycles. The third kappa shape index (κ3) is 3.00. The van der Waals surface area contributed by atoms with Crippen molar-refractivity contribution in [3.8, 4) is 0 Å². The van der Waals surface area contributed by atoms with Gasteiger partial charge < -0.3 is 14.3 Å². The minimum atomic E-state index is -4.64. The SMILES string of the molecule is CCn1c(C(F)(F)F)nc2c(Cl)cc3c(=O)cc(C4CCNCC4)oc3c21. The molecular formula is C18H17ClF3N3O2. The maximum Gasteiger partial charge on any atom is 0.449 e. The highest BCUT2D eigenvalue weighted by molar-refractivity contribution is 6.36. The number of aryl methyl sites for hydroxylation is 1. The number of aromatic nitrogens is 2. The van der Waals surface area contributed by atoms with E-state index in [1.54, 1.807) is 6.92 Å². The second-order valence-corrected chi connectivity index (χ2v) is 7.05. The highest BCUT2D eigenvalue weighted by atomic mass is 35.5. The third-order valence-electron chi connectivity index (χ3n) is 4.99. The average molecular weight is 400 g/mol. The molecular weight excluding hydrogens is 383 g/mol. The molecule has 5 nitrogen and oxygen atoms in total. The Morgan fingerprint density at radius 1 is 1.33 bits per heavy atom. The molecule has 1 aliphatic heterocycles. The van der Waals surface area contributed by atoms with Crippen molar-refractivity contribution in [2.75, 3.05) is 13.1 Å². The first kappa shape index (κ1) is 18.3. The first-order valence-electron chi connectivity index (χ1n) is 8.75. The molecule has 1 N–H and O–H groups in total. The van der Waals surface area contributed by atoms with Crippen LogP contribution in [0.2, 0.25) is 5.02 Å². The van der Waals surface area contributed by atoms with Gasteiger partial charge in [-0.05, 0) is 38.9 Å². The largest absolute Gasteiger partial charge is 0.458 e. The number of alkyl halides is 3. The molecule has 144 valence electrons. The van der Waals surface area contributed by atoms with Gasteiger partial charge in [-0.2, -0.15) is 13.2 Å². The van der Waals surface area contributed by atoms with E-state index in [2.05, 4.69) is 10.3 Å². The smallest absolute Gasteiger partial charge is 0.449 e. The summed E-state index contributed by atoms with van der Waals surface area (Å²) in [5.74, 6) is -0.506. The number of nitrogens with zero attached hydrogens (tertiary/aromatic N) is 2. The van der Waals surface area contributed by atoms with Gasteiger partial charge in [0.1, 0.15) is 16.8 Å². The average Bonchev–Trinajstić information content (AvgIpc) is 3.04. The summed E-state index contributed by atoms with van der Waals surface area (Å²) in [7, 11) is 0. The van der Waals surface area contributed by atoms with E-state index in [4.69, 9.17) is 16.0 Å². The molecule has 1 saturated heterocycles. The zero-order valence-corrected chi connectivity index (χ0v) is 15.2. The van der Waals surface area contributed by atoms with Crippen LogP contribution < -0.4 is 10.7 Å². The van der Waals surface area contributed by atoms with Gasteiger partial charge in [-0.15, -0.1) is 0 Å². The maximum absolute atomic E-state index is 13.4. The fourth-order valence-corrected chi connectivity index (χ4v) is 3.95. The van der Waals surface area contributed by atoms with E-state index in [1.165, 1.54) is 12.1 Å². The molecule has 27 heavy (non-hydrogen) atoms. The summed E-state index contributed by atoms with van der Waals surface area (Å²) in [4.78, 5) is 16.4. The Bertz CT molecular complexity index is 1080. The molecule has 1 fully saturated rings. The Labute approximate surface area is 157 Å². The van der Waals surface area contributed by atoms with Crippen LogP contribution in [0.5, 0.6) is 0 Å². The quantitative estimate of drug-likeness (QED) is 0.698. The van der Waals surface area contributed by atoms with Crippen LogP contribution in [0.3, 0.4) is 0 Å². The molecule has 0 bridgehead atoms. The number of hydrogen-bond acceptors (Lipinski definition) is 4. The minimum Gasteiger partial charge on any atom is -0.458 e. The Kier molecular flexibility index (Phi) is 4.43. The lowest BCUT2D eigenvalue weighted by Crippen LogP contribution is -2.27. The predicted molar refractivity (Wildman–Crippen MR) is 96.3 cm³/mol. The van der Waals surface area contributed by atoms with E-state index in [0.717, 1.165) is 30.5 Å². The van der Waals surface area contributed by atoms with Crippen molar-refractivity contribution in [2.24, 2.45) is 0 Å². The number of piperidine rings is 1. The molecule has 0 spiro atoms. The van der Waals surface area contributed by atoms with Crippen LogP contribution in [0.1, 0.15) is 37.3 Å². The molecule has 0 amide bonds. The molecule has 0 aliphatic carbocycles. The number of imidazole rings is 1. The third-order valence-corrected chi connectivity index (χ3v) is 5.28. The predicted octanol–water partition coefficient (Wildman–Crippen LogP) is 4.30.